The first kappa shape index (κ1) is 12.0. The van der Waals surface area contributed by atoms with Crippen molar-refractivity contribution in [1.82, 2.24) is 4.98 Å². The van der Waals surface area contributed by atoms with Crippen LogP contribution in [0, 0.1) is 12.7 Å². The number of nitrogen functional groups attached to an aromatic ring is 1. The number of nitrogens with one attached hydrogen (secondary N) is 1. The molecule has 0 aliphatic carbocycles. The summed E-state index contributed by atoms with van der Waals surface area (Å²) in [6, 6.07) is 3.61. The number of aromatic amines is 1. The van der Waals surface area contributed by atoms with E-state index in [9.17, 15) is 9.50 Å². The van der Waals surface area contributed by atoms with Gasteiger partial charge in [0.25, 0.3) is 0 Å². The van der Waals surface area contributed by atoms with Crippen LogP contribution in [0.5, 0.6) is 5.75 Å². The number of aryl methyl sites for hydroxylation is 1. The highest BCUT2D eigenvalue weighted by Gasteiger charge is 2.08. The number of H-pyrrole nitrogens is 1. The summed E-state index contributed by atoms with van der Waals surface area (Å²) in [6.07, 6.45) is 3.36. The van der Waals surface area contributed by atoms with E-state index in [0.29, 0.717) is 5.82 Å². The Kier molecular flexibility index (Phi) is 2.97. The summed E-state index contributed by atoms with van der Waals surface area (Å²) in [5, 5.41) is 9.65. The number of phenols is 1. The maximum absolute atomic E-state index is 13.1. The topological polar surface area (TPSA) is 88.1 Å². The monoisotopic (exact) mass is 247 g/mol. The van der Waals surface area contributed by atoms with Gasteiger partial charge in [-0.05, 0) is 36.8 Å². The molecule has 0 aliphatic rings. The first-order chi connectivity index (χ1) is 8.49. The van der Waals surface area contributed by atoms with Crippen LogP contribution in [0.2, 0.25) is 0 Å². The lowest BCUT2D eigenvalue weighted by molar-refractivity contribution is 0.471. The molecule has 0 saturated carbocycles. The average Bonchev–Trinajstić information content (AvgIpc) is 2.64. The number of aromatic hydroxyl groups is 1. The first-order valence-corrected chi connectivity index (χ1v) is 5.38. The number of phenolic OH excluding ortho intramolecular Hbond substituents is 1. The summed E-state index contributed by atoms with van der Waals surface area (Å²) in [5.74, 6) is -0.0545. The Bertz CT molecular complexity index is 597. The van der Waals surface area contributed by atoms with E-state index >= 15 is 0 Å². The van der Waals surface area contributed by atoms with Gasteiger partial charge in [-0.3, -0.25) is 0 Å². The molecule has 4 nitrogen and oxygen atoms in total. The van der Waals surface area contributed by atoms with Crippen LogP contribution in [0.4, 0.5) is 10.2 Å². The molecule has 0 spiro atoms. The number of anilines is 1. The summed E-state index contributed by atoms with van der Waals surface area (Å²) in [4.78, 5) is 2.86. The van der Waals surface area contributed by atoms with Crippen molar-refractivity contribution in [2.75, 3.05) is 5.73 Å². The zero-order valence-corrected chi connectivity index (χ0v) is 9.87. The predicted molar refractivity (Wildman–Crippen MR) is 70.1 cm³/mol. The number of nitrogens with two attached hydrogens (primary N) is 2. The molecular formula is C13H14FN3O. The lowest BCUT2D eigenvalue weighted by Crippen LogP contribution is -1.98. The molecule has 0 amide bonds. The van der Waals surface area contributed by atoms with Gasteiger partial charge in [0.1, 0.15) is 17.4 Å². The van der Waals surface area contributed by atoms with Gasteiger partial charge in [0.2, 0.25) is 0 Å². The third kappa shape index (κ3) is 2.15. The van der Waals surface area contributed by atoms with E-state index in [1.165, 1.54) is 18.2 Å². The summed E-state index contributed by atoms with van der Waals surface area (Å²) in [6.45, 7) is 1.87. The smallest absolute Gasteiger partial charge is 0.125 e. The molecule has 1 heterocycles. The number of halogens is 1. The molecule has 1 aromatic heterocycles. The van der Waals surface area contributed by atoms with Gasteiger partial charge in [-0.15, -0.1) is 0 Å². The number of hydrogen-bond donors (Lipinski definition) is 4. The van der Waals surface area contributed by atoms with Crippen LogP contribution in [0.3, 0.4) is 0 Å². The second-order valence-electron chi connectivity index (χ2n) is 4.06. The van der Waals surface area contributed by atoms with Crippen molar-refractivity contribution >= 4 is 17.6 Å². The molecule has 5 heteroatoms. The molecule has 0 atom stereocenters. The van der Waals surface area contributed by atoms with Crippen LogP contribution in [0.15, 0.2) is 24.4 Å². The number of rotatable bonds is 2. The standard InChI is InChI=1S/C13H14FN3O/c1-7-6-17-13(16)9(7)5-11(15)10-4-8(14)2-3-12(10)18/h2-6,17-18H,15-16H2,1H3/b11-5-. The SMILES string of the molecule is Cc1c[nH]c(N)c1/C=C(\N)c1cc(F)ccc1O. The Hall–Kier alpha value is -2.43. The lowest BCUT2D eigenvalue weighted by atomic mass is 10.1. The van der Waals surface area contributed by atoms with Gasteiger partial charge in [-0.2, -0.15) is 0 Å². The zero-order valence-electron chi connectivity index (χ0n) is 9.87. The highest BCUT2D eigenvalue weighted by Crippen LogP contribution is 2.26. The van der Waals surface area contributed by atoms with E-state index in [1.807, 2.05) is 6.92 Å². The van der Waals surface area contributed by atoms with Crippen LogP contribution in [0.25, 0.3) is 11.8 Å². The third-order valence-corrected chi connectivity index (χ3v) is 2.73. The fourth-order valence-corrected chi connectivity index (χ4v) is 1.72. The number of aromatic nitrogens is 1. The first-order valence-electron chi connectivity index (χ1n) is 5.38. The molecular weight excluding hydrogens is 233 g/mol. The van der Waals surface area contributed by atoms with Gasteiger partial charge >= 0.3 is 0 Å². The van der Waals surface area contributed by atoms with Gasteiger partial charge in [0, 0.05) is 23.0 Å². The highest BCUT2D eigenvalue weighted by atomic mass is 19.1. The molecule has 18 heavy (non-hydrogen) atoms. The van der Waals surface area contributed by atoms with E-state index in [4.69, 9.17) is 11.5 Å². The molecule has 0 saturated heterocycles. The summed E-state index contributed by atoms with van der Waals surface area (Å²) in [5.41, 5.74) is 13.8. The van der Waals surface area contributed by atoms with Crippen molar-refractivity contribution in [2.45, 2.75) is 6.92 Å². The number of hydrogen-bond acceptors (Lipinski definition) is 3. The Labute approximate surface area is 104 Å². The van der Waals surface area contributed by atoms with Gasteiger partial charge < -0.3 is 21.6 Å². The largest absolute Gasteiger partial charge is 0.507 e. The average molecular weight is 247 g/mol. The van der Waals surface area contributed by atoms with Crippen molar-refractivity contribution in [2.24, 2.45) is 5.73 Å². The fraction of sp³-hybridized carbons (Fsp3) is 0.0769. The van der Waals surface area contributed by atoms with Crippen molar-refractivity contribution in [3.8, 4) is 5.75 Å². The molecule has 0 unspecified atom stereocenters. The molecule has 1 aromatic carbocycles. The molecule has 6 N–H and O–H groups in total. The lowest BCUT2D eigenvalue weighted by Gasteiger charge is -2.05. The molecule has 2 rings (SSSR count). The van der Waals surface area contributed by atoms with E-state index < -0.39 is 5.82 Å². The van der Waals surface area contributed by atoms with Crippen molar-refractivity contribution in [3.05, 3.63) is 46.9 Å². The normalized spacial score (nSPS) is 11.8. The summed E-state index contributed by atoms with van der Waals surface area (Å²) < 4.78 is 13.1. The van der Waals surface area contributed by atoms with Crippen LogP contribution in [0.1, 0.15) is 16.7 Å². The van der Waals surface area contributed by atoms with E-state index in [1.54, 1.807) is 12.3 Å². The van der Waals surface area contributed by atoms with Crippen LogP contribution >= 0.6 is 0 Å². The molecule has 0 aliphatic heterocycles. The molecule has 0 bridgehead atoms. The van der Waals surface area contributed by atoms with Gasteiger partial charge in [-0.1, -0.05) is 0 Å². The van der Waals surface area contributed by atoms with Crippen LogP contribution < -0.4 is 11.5 Å². The second kappa shape index (κ2) is 4.44. The predicted octanol–water partition coefficient (Wildman–Crippen LogP) is 2.21. The molecule has 0 fully saturated rings. The van der Waals surface area contributed by atoms with E-state index in [0.717, 1.165) is 11.1 Å². The fourth-order valence-electron chi connectivity index (χ4n) is 1.72. The minimum absolute atomic E-state index is 0.0723. The molecule has 0 radical (unpaired) electrons. The molecule has 2 aromatic rings. The number of benzene rings is 1. The maximum atomic E-state index is 13.1. The van der Waals surface area contributed by atoms with Gasteiger partial charge in [-0.25, -0.2) is 4.39 Å². The Balaban J connectivity index is 2.48. The third-order valence-electron chi connectivity index (χ3n) is 2.73. The second-order valence-corrected chi connectivity index (χ2v) is 4.06. The summed E-state index contributed by atoms with van der Waals surface area (Å²) >= 11 is 0. The zero-order chi connectivity index (χ0) is 13.3. The van der Waals surface area contributed by atoms with E-state index in [-0.39, 0.29) is 17.0 Å². The van der Waals surface area contributed by atoms with E-state index in [2.05, 4.69) is 4.98 Å². The highest BCUT2D eigenvalue weighted by molar-refractivity contribution is 5.85. The maximum Gasteiger partial charge on any atom is 0.125 e. The summed E-state index contributed by atoms with van der Waals surface area (Å²) in [7, 11) is 0. The van der Waals surface area contributed by atoms with Crippen LogP contribution in [-0.4, -0.2) is 10.1 Å². The van der Waals surface area contributed by atoms with Crippen molar-refractivity contribution in [3.63, 3.8) is 0 Å². The molecule has 94 valence electrons. The Morgan fingerprint density at radius 1 is 1.44 bits per heavy atom. The van der Waals surface area contributed by atoms with Crippen molar-refractivity contribution in [1.29, 1.82) is 0 Å². The van der Waals surface area contributed by atoms with Gasteiger partial charge in [0.15, 0.2) is 0 Å². The quantitative estimate of drug-likeness (QED) is 0.656. The Morgan fingerprint density at radius 2 is 2.17 bits per heavy atom. The van der Waals surface area contributed by atoms with Gasteiger partial charge in [0.05, 0.1) is 0 Å². The Morgan fingerprint density at radius 3 is 2.78 bits per heavy atom. The minimum atomic E-state index is -0.460. The minimum Gasteiger partial charge on any atom is -0.507 e. The van der Waals surface area contributed by atoms with Crippen molar-refractivity contribution < 1.29 is 9.50 Å². The van der Waals surface area contributed by atoms with Crippen LogP contribution in [-0.2, 0) is 0 Å².